The van der Waals surface area contributed by atoms with Crippen LogP contribution in [0.4, 0.5) is 0 Å². The van der Waals surface area contributed by atoms with E-state index in [4.69, 9.17) is 14.4 Å². The zero-order valence-electron chi connectivity index (χ0n) is 11.0. The molecule has 0 aliphatic heterocycles. The Balaban J connectivity index is 4.52. The molecule has 0 saturated carbocycles. The maximum Gasteiger partial charge on any atom is 0.327 e. The van der Waals surface area contributed by atoms with E-state index in [1.807, 2.05) is 6.92 Å². The lowest BCUT2D eigenvalue weighted by Crippen LogP contribution is -2.35. The number of esters is 1. The van der Waals surface area contributed by atoms with Crippen molar-refractivity contribution in [1.29, 1.82) is 0 Å². The number of unbranched alkanes of at least 4 members (excludes halogenated alkanes) is 2. The molecule has 0 aliphatic rings. The van der Waals surface area contributed by atoms with Crippen molar-refractivity contribution in [3.63, 3.8) is 0 Å². The van der Waals surface area contributed by atoms with E-state index < -0.39 is 39.8 Å². The third-order valence-electron chi connectivity index (χ3n) is 2.51. The zero-order valence-corrected chi connectivity index (χ0v) is 11.9. The Morgan fingerprint density at radius 3 is 2.26 bits per heavy atom. The van der Waals surface area contributed by atoms with Crippen LogP contribution in [-0.2, 0) is 24.4 Å². The number of carbonyl (C=O) groups is 2. The van der Waals surface area contributed by atoms with Crippen LogP contribution in [-0.4, -0.2) is 41.4 Å². The van der Waals surface area contributed by atoms with Gasteiger partial charge < -0.3 is 9.84 Å². The molecule has 0 aliphatic carbocycles. The molecular weight excluding hydrogens is 276 g/mol. The van der Waals surface area contributed by atoms with Gasteiger partial charge in [-0.2, -0.15) is 8.42 Å². The lowest BCUT2D eigenvalue weighted by atomic mass is 10.1. The van der Waals surface area contributed by atoms with Crippen LogP contribution in [0.1, 0.15) is 46.0 Å². The lowest BCUT2D eigenvalue weighted by Gasteiger charge is -2.16. The molecule has 112 valence electrons. The molecule has 0 aromatic rings. The van der Waals surface area contributed by atoms with E-state index in [0.717, 1.165) is 19.3 Å². The Morgan fingerprint density at radius 2 is 1.84 bits per heavy atom. The third-order valence-corrected chi connectivity index (χ3v) is 3.59. The Labute approximate surface area is 112 Å². The Hall–Kier alpha value is -1.15. The summed E-state index contributed by atoms with van der Waals surface area (Å²) >= 11 is 0. The monoisotopic (exact) mass is 296 g/mol. The first kappa shape index (κ1) is 17.8. The van der Waals surface area contributed by atoms with Gasteiger partial charge in [-0.1, -0.05) is 19.8 Å². The van der Waals surface area contributed by atoms with Crippen LogP contribution in [0.25, 0.3) is 0 Å². The molecule has 2 atom stereocenters. The van der Waals surface area contributed by atoms with Gasteiger partial charge in [-0.3, -0.25) is 14.1 Å². The molecule has 0 aromatic heterocycles. The maximum absolute atomic E-state index is 11.5. The molecule has 2 N–H and O–H groups in total. The number of hydrogen-bond acceptors (Lipinski definition) is 5. The summed E-state index contributed by atoms with van der Waals surface area (Å²) in [6.07, 6.45) is 1.80. The van der Waals surface area contributed by atoms with E-state index in [1.54, 1.807) is 6.92 Å². The van der Waals surface area contributed by atoms with Crippen molar-refractivity contribution in [1.82, 2.24) is 0 Å². The van der Waals surface area contributed by atoms with Crippen LogP contribution in [0, 0.1) is 0 Å². The maximum atomic E-state index is 11.5. The summed E-state index contributed by atoms with van der Waals surface area (Å²) in [5.41, 5.74) is 0. The van der Waals surface area contributed by atoms with Crippen molar-refractivity contribution in [3.05, 3.63) is 0 Å². The number of carboxylic acids is 1. The van der Waals surface area contributed by atoms with Crippen molar-refractivity contribution < 1.29 is 32.4 Å². The van der Waals surface area contributed by atoms with Gasteiger partial charge in [0.15, 0.2) is 5.25 Å². The van der Waals surface area contributed by atoms with Gasteiger partial charge in [-0.05, 0) is 19.8 Å². The van der Waals surface area contributed by atoms with Gasteiger partial charge >= 0.3 is 11.9 Å². The highest BCUT2D eigenvalue weighted by atomic mass is 32.2. The number of carboxylic acid groups (broad SMARTS) is 1. The van der Waals surface area contributed by atoms with Crippen molar-refractivity contribution in [3.8, 4) is 0 Å². The summed E-state index contributed by atoms with van der Waals surface area (Å²) in [5, 5.41) is 6.45. The molecule has 2 unspecified atom stereocenters. The van der Waals surface area contributed by atoms with E-state index in [9.17, 15) is 18.0 Å². The minimum Gasteiger partial charge on any atom is -0.481 e. The van der Waals surface area contributed by atoms with Gasteiger partial charge in [0.05, 0.1) is 12.5 Å². The molecule has 0 spiro atoms. The molecule has 0 fully saturated rings. The first-order valence-corrected chi connectivity index (χ1v) is 7.57. The molecule has 19 heavy (non-hydrogen) atoms. The Kier molecular flexibility index (Phi) is 7.62. The average molecular weight is 296 g/mol. The summed E-state index contributed by atoms with van der Waals surface area (Å²) in [4.78, 5) is 22.0. The van der Waals surface area contributed by atoms with E-state index in [-0.39, 0.29) is 0 Å². The van der Waals surface area contributed by atoms with Crippen molar-refractivity contribution >= 4 is 22.1 Å². The molecule has 8 heteroatoms. The smallest absolute Gasteiger partial charge is 0.327 e. The van der Waals surface area contributed by atoms with Crippen LogP contribution in [0.5, 0.6) is 0 Å². The summed E-state index contributed by atoms with van der Waals surface area (Å²) < 4.78 is 35.6. The highest BCUT2D eigenvalue weighted by Crippen LogP contribution is 2.12. The predicted molar refractivity (Wildman–Crippen MR) is 67.3 cm³/mol. The number of ether oxygens (including phenoxy) is 1. The van der Waals surface area contributed by atoms with E-state index in [1.165, 1.54) is 0 Å². The fourth-order valence-corrected chi connectivity index (χ4v) is 2.14. The molecule has 0 heterocycles. The van der Waals surface area contributed by atoms with Crippen LogP contribution >= 0.6 is 0 Å². The van der Waals surface area contributed by atoms with Crippen molar-refractivity contribution in [2.24, 2.45) is 0 Å². The molecule has 0 amide bonds. The summed E-state index contributed by atoms with van der Waals surface area (Å²) in [6.45, 7) is 3.60. The number of aliphatic carboxylic acids is 1. The number of carbonyl (C=O) groups excluding carboxylic acids is 1. The third kappa shape index (κ3) is 7.78. The second-order valence-corrected chi connectivity index (χ2v) is 5.94. The minimum atomic E-state index is -4.79. The fourth-order valence-electron chi connectivity index (χ4n) is 1.48. The molecule has 7 nitrogen and oxygen atoms in total. The van der Waals surface area contributed by atoms with Crippen LogP contribution in [0.15, 0.2) is 0 Å². The molecule has 0 radical (unpaired) electrons. The molecule has 0 bridgehead atoms. The van der Waals surface area contributed by atoms with Gasteiger partial charge in [-0.15, -0.1) is 0 Å². The standard InChI is InChI=1S/C11H20O7S/c1-3-4-5-6-8(2)18-11(14)9(7-10(12)13)19(15,16)17/h8-9H,3-7H2,1-2H3,(H,12,13)(H,15,16,17). The SMILES string of the molecule is CCCCCC(C)OC(=O)C(CC(=O)O)S(=O)(=O)O. The first-order chi connectivity index (χ1) is 8.68. The second-order valence-electron chi connectivity index (χ2n) is 4.34. The summed E-state index contributed by atoms with van der Waals surface area (Å²) in [5.74, 6) is -2.73. The van der Waals surface area contributed by atoms with Crippen LogP contribution in [0.3, 0.4) is 0 Å². The number of rotatable bonds is 9. The van der Waals surface area contributed by atoms with Crippen LogP contribution in [0.2, 0.25) is 0 Å². The summed E-state index contributed by atoms with van der Waals surface area (Å²) in [6, 6.07) is 0. The highest BCUT2D eigenvalue weighted by Gasteiger charge is 2.35. The largest absolute Gasteiger partial charge is 0.481 e. The van der Waals surface area contributed by atoms with Gasteiger partial charge in [-0.25, -0.2) is 0 Å². The lowest BCUT2D eigenvalue weighted by molar-refractivity contribution is -0.151. The Morgan fingerprint density at radius 1 is 1.26 bits per heavy atom. The molecule has 0 aromatic carbocycles. The van der Waals surface area contributed by atoms with Crippen molar-refractivity contribution in [2.75, 3.05) is 0 Å². The summed E-state index contributed by atoms with van der Waals surface area (Å²) in [7, 11) is -4.79. The molecule has 0 saturated heterocycles. The van der Waals surface area contributed by atoms with Gasteiger partial charge in [0.25, 0.3) is 10.1 Å². The predicted octanol–water partition coefficient (Wildman–Crippen LogP) is 1.23. The first-order valence-electron chi connectivity index (χ1n) is 6.07. The van der Waals surface area contributed by atoms with Gasteiger partial charge in [0, 0.05) is 0 Å². The molecular formula is C11H20O7S. The average Bonchev–Trinajstić information content (AvgIpc) is 2.24. The van der Waals surface area contributed by atoms with E-state index in [2.05, 4.69) is 0 Å². The van der Waals surface area contributed by atoms with E-state index in [0.29, 0.717) is 6.42 Å². The highest BCUT2D eigenvalue weighted by molar-refractivity contribution is 7.87. The van der Waals surface area contributed by atoms with Crippen molar-refractivity contribution in [2.45, 2.75) is 57.3 Å². The van der Waals surface area contributed by atoms with Gasteiger partial charge in [0.1, 0.15) is 0 Å². The topological polar surface area (TPSA) is 118 Å². The molecule has 0 rings (SSSR count). The Bertz CT molecular complexity index is 401. The fraction of sp³-hybridized carbons (Fsp3) is 0.818. The zero-order chi connectivity index (χ0) is 15.1. The normalized spacial score (nSPS) is 14.7. The quantitative estimate of drug-likeness (QED) is 0.373. The van der Waals surface area contributed by atoms with E-state index >= 15 is 0 Å². The van der Waals surface area contributed by atoms with Crippen LogP contribution < -0.4 is 0 Å². The number of hydrogen-bond donors (Lipinski definition) is 2. The minimum absolute atomic E-state index is 0.517. The second kappa shape index (κ2) is 8.11. The van der Waals surface area contributed by atoms with Gasteiger partial charge in [0.2, 0.25) is 0 Å².